The fourth-order valence-corrected chi connectivity index (χ4v) is 6.49. The first kappa shape index (κ1) is 33.3. The molecule has 2 heterocycles. The minimum absolute atomic E-state index is 0.0153. The summed E-state index contributed by atoms with van der Waals surface area (Å²) in [6.45, 7) is 3.02. The van der Waals surface area contributed by atoms with Gasteiger partial charge in [-0.1, -0.05) is 57.6 Å². The van der Waals surface area contributed by atoms with E-state index in [4.69, 9.17) is 56.0 Å². The fourth-order valence-electron chi connectivity index (χ4n) is 5.66. The lowest BCUT2D eigenvalue weighted by Crippen LogP contribution is -2.60. The standard InChI is InChI=1S/C30H33Cl4N5O4/c1-37(29(41)21-13-22(31)16-23(32)14-21)17-27(36-42-2)24(20-3-4-25(33)26(34)15-20)5-8-38-9-6-30(19-35,7-10-38)39-11-12-43-18-28(39)40/h3-4,13-16,24H,5-12,17-18H2,1-2H3/b36-27+. The molecule has 13 heteroatoms. The van der Waals surface area contributed by atoms with Gasteiger partial charge in [-0.05, 0) is 61.7 Å². The summed E-state index contributed by atoms with van der Waals surface area (Å²) in [5.41, 5.74) is 1.03. The smallest absolute Gasteiger partial charge is 0.254 e. The highest BCUT2D eigenvalue weighted by atomic mass is 35.5. The fraction of sp³-hybridized carbons (Fsp3) is 0.467. The average Bonchev–Trinajstić information content (AvgIpc) is 2.98. The van der Waals surface area contributed by atoms with Crippen molar-refractivity contribution in [2.45, 2.75) is 30.7 Å². The van der Waals surface area contributed by atoms with E-state index in [1.54, 1.807) is 42.3 Å². The van der Waals surface area contributed by atoms with Gasteiger partial charge in [-0.2, -0.15) is 5.26 Å². The molecule has 0 spiro atoms. The lowest BCUT2D eigenvalue weighted by atomic mass is 9.85. The molecule has 2 amide bonds. The molecule has 2 aromatic carbocycles. The minimum Gasteiger partial charge on any atom is -0.399 e. The van der Waals surface area contributed by atoms with Gasteiger partial charge < -0.3 is 24.3 Å². The van der Waals surface area contributed by atoms with Crippen LogP contribution in [0.2, 0.25) is 20.1 Å². The highest BCUT2D eigenvalue weighted by Crippen LogP contribution is 2.33. The first-order valence-electron chi connectivity index (χ1n) is 13.8. The van der Waals surface area contributed by atoms with Gasteiger partial charge in [-0.3, -0.25) is 9.59 Å². The van der Waals surface area contributed by atoms with Crippen LogP contribution in [-0.4, -0.2) is 97.9 Å². The summed E-state index contributed by atoms with van der Waals surface area (Å²) in [4.78, 5) is 36.6. The van der Waals surface area contributed by atoms with E-state index in [0.717, 1.165) is 5.56 Å². The number of morpholine rings is 1. The van der Waals surface area contributed by atoms with Gasteiger partial charge in [0.15, 0.2) is 0 Å². The van der Waals surface area contributed by atoms with Crippen molar-refractivity contribution >= 4 is 63.9 Å². The molecular weight excluding hydrogens is 636 g/mol. The monoisotopic (exact) mass is 667 g/mol. The molecule has 1 atom stereocenters. The lowest BCUT2D eigenvalue weighted by molar-refractivity contribution is -0.150. The zero-order chi connectivity index (χ0) is 31.1. The zero-order valence-electron chi connectivity index (χ0n) is 24.0. The molecular formula is C30H33Cl4N5O4. The van der Waals surface area contributed by atoms with Crippen LogP contribution in [-0.2, 0) is 14.4 Å². The zero-order valence-corrected chi connectivity index (χ0v) is 27.0. The van der Waals surface area contributed by atoms with Gasteiger partial charge in [-0.25, -0.2) is 0 Å². The Hall–Kier alpha value is -2.58. The number of hydrogen-bond acceptors (Lipinski definition) is 7. The number of nitrogens with zero attached hydrogens (tertiary/aromatic N) is 5. The molecule has 9 nitrogen and oxygen atoms in total. The van der Waals surface area contributed by atoms with Crippen molar-refractivity contribution in [3.8, 4) is 6.07 Å². The molecule has 0 radical (unpaired) electrons. The van der Waals surface area contributed by atoms with Gasteiger partial charge in [0.2, 0.25) is 5.91 Å². The highest BCUT2D eigenvalue weighted by Gasteiger charge is 2.43. The van der Waals surface area contributed by atoms with Crippen LogP contribution in [0.5, 0.6) is 0 Å². The minimum atomic E-state index is -0.824. The lowest BCUT2D eigenvalue weighted by Gasteiger charge is -2.45. The van der Waals surface area contributed by atoms with Gasteiger partial charge >= 0.3 is 0 Å². The molecule has 0 aliphatic carbocycles. The Labute approximate surface area is 271 Å². The molecule has 4 rings (SSSR count). The summed E-state index contributed by atoms with van der Waals surface area (Å²) >= 11 is 24.9. The number of ether oxygens (including phenoxy) is 1. The van der Waals surface area contributed by atoms with Crippen LogP contribution in [0, 0.1) is 11.3 Å². The maximum absolute atomic E-state index is 13.3. The topological polar surface area (TPSA) is 98.5 Å². The Bertz CT molecular complexity index is 1390. The van der Waals surface area contributed by atoms with Crippen molar-refractivity contribution in [1.82, 2.24) is 14.7 Å². The van der Waals surface area contributed by atoms with Crippen LogP contribution in [0.15, 0.2) is 41.6 Å². The Morgan fingerprint density at radius 2 is 1.81 bits per heavy atom. The summed E-state index contributed by atoms with van der Waals surface area (Å²) in [6.07, 6.45) is 1.72. The van der Waals surface area contributed by atoms with Crippen LogP contribution in [0.1, 0.15) is 41.1 Å². The van der Waals surface area contributed by atoms with Crippen molar-refractivity contribution < 1.29 is 19.2 Å². The number of piperidine rings is 1. The molecule has 0 N–H and O–H groups in total. The molecule has 0 bridgehead atoms. The van der Waals surface area contributed by atoms with Crippen molar-refractivity contribution in [2.24, 2.45) is 5.16 Å². The predicted octanol–water partition coefficient (Wildman–Crippen LogP) is 5.77. The van der Waals surface area contributed by atoms with Gasteiger partial charge in [0.05, 0.1) is 35.0 Å². The van der Waals surface area contributed by atoms with E-state index >= 15 is 0 Å². The molecule has 2 aliphatic rings. The molecule has 0 saturated carbocycles. The van der Waals surface area contributed by atoms with E-state index in [0.29, 0.717) is 83.4 Å². The van der Waals surface area contributed by atoms with Crippen LogP contribution in [0.3, 0.4) is 0 Å². The summed E-state index contributed by atoms with van der Waals surface area (Å²) in [6, 6.07) is 12.6. The number of hydrogen-bond donors (Lipinski definition) is 0. The van der Waals surface area contributed by atoms with E-state index in [9.17, 15) is 14.9 Å². The van der Waals surface area contributed by atoms with E-state index in [-0.39, 0.29) is 30.9 Å². The normalized spacial score (nSPS) is 18.2. The van der Waals surface area contributed by atoms with Crippen LogP contribution < -0.4 is 0 Å². The van der Waals surface area contributed by atoms with E-state index in [1.165, 1.54) is 12.0 Å². The van der Waals surface area contributed by atoms with Crippen LogP contribution in [0.4, 0.5) is 0 Å². The van der Waals surface area contributed by atoms with E-state index in [1.807, 2.05) is 6.07 Å². The van der Waals surface area contributed by atoms with E-state index in [2.05, 4.69) is 16.1 Å². The Balaban J connectivity index is 1.51. The third-order valence-electron chi connectivity index (χ3n) is 7.94. The van der Waals surface area contributed by atoms with Gasteiger partial charge in [0.25, 0.3) is 5.91 Å². The predicted molar refractivity (Wildman–Crippen MR) is 168 cm³/mol. The molecule has 1 unspecified atom stereocenters. The van der Waals surface area contributed by atoms with Crippen molar-refractivity contribution in [2.75, 3.05) is 60.1 Å². The van der Waals surface area contributed by atoms with Crippen molar-refractivity contribution in [3.05, 3.63) is 67.6 Å². The second kappa shape index (κ2) is 14.9. The maximum Gasteiger partial charge on any atom is 0.254 e. The largest absolute Gasteiger partial charge is 0.399 e. The molecule has 43 heavy (non-hydrogen) atoms. The number of oxime groups is 1. The number of nitriles is 1. The molecule has 2 fully saturated rings. The van der Waals surface area contributed by atoms with Crippen LogP contribution in [0.25, 0.3) is 0 Å². The van der Waals surface area contributed by atoms with Gasteiger partial charge in [0, 0.05) is 48.2 Å². The second-order valence-corrected chi connectivity index (χ2v) is 12.4. The van der Waals surface area contributed by atoms with Gasteiger partial charge in [0.1, 0.15) is 19.3 Å². The van der Waals surface area contributed by atoms with Gasteiger partial charge in [-0.15, -0.1) is 0 Å². The van der Waals surface area contributed by atoms with Crippen LogP contribution >= 0.6 is 46.4 Å². The van der Waals surface area contributed by atoms with E-state index < -0.39 is 5.54 Å². The second-order valence-electron chi connectivity index (χ2n) is 10.7. The Kier molecular flexibility index (Phi) is 11.6. The van der Waals surface area contributed by atoms with Crippen molar-refractivity contribution in [1.29, 1.82) is 5.26 Å². The molecule has 2 aliphatic heterocycles. The third kappa shape index (κ3) is 8.13. The number of halogens is 4. The quantitative estimate of drug-likeness (QED) is 0.236. The molecule has 2 saturated heterocycles. The number of amides is 2. The first-order valence-corrected chi connectivity index (χ1v) is 15.4. The number of benzene rings is 2. The average molecular weight is 669 g/mol. The first-order chi connectivity index (χ1) is 20.6. The molecule has 0 aromatic heterocycles. The SMILES string of the molecule is CO/N=C(\CN(C)C(=O)c1cc(Cl)cc(Cl)c1)C(CCN1CCC(C#N)(N2CCOCC2=O)CC1)c1ccc(Cl)c(Cl)c1. The Morgan fingerprint density at radius 1 is 1.12 bits per heavy atom. The third-order valence-corrected chi connectivity index (χ3v) is 9.12. The van der Waals surface area contributed by atoms with Crippen molar-refractivity contribution in [3.63, 3.8) is 0 Å². The summed E-state index contributed by atoms with van der Waals surface area (Å²) in [5, 5.41) is 16.0. The number of likely N-dealkylation sites (tertiary alicyclic amines) is 1. The summed E-state index contributed by atoms with van der Waals surface area (Å²) < 4.78 is 5.27. The summed E-state index contributed by atoms with van der Waals surface area (Å²) in [7, 11) is 3.14. The maximum atomic E-state index is 13.3. The number of carbonyl (C=O) groups is 2. The molecule has 2 aromatic rings. The highest BCUT2D eigenvalue weighted by molar-refractivity contribution is 6.42. The molecule has 230 valence electrons. The Morgan fingerprint density at radius 3 is 2.42 bits per heavy atom. The number of rotatable bonds is 10. The number of carbonyl (C=O) groups excluding carboxylic acids is 2. The summed E-state index contributed by atoms with van der Waals surface area (Å²) in [5.74, 6) is -0.681.